The van der Waals surface area contributed by atoms with E-state index in [2.05, 4.69) is 17.4 Å². The van der Waals surface area contributed by atoms with Crippen molar-refractivity contribution >= 4 is 11.6 Å². The summed E-state index contributed by atoms with van der Waals surface area (Å²) in [7, 11) is 0. The molecule has 1 saturated heterocycles. The Morgan fingerprint density at radius 3 is 2.78 bits per heavy atom. The fourth-order valence-electron chi connectivity index (χ4n) is 3.07. The molecule has 0 saturated carbocycles. The van der Waals surface area contributed by atoms with Crippen molar-refractivity contribution < 1.29 is 9.53 Å². The third-order valence-electron chi connectivity index (χ3n) is 4.25. The first-order valence-corrected chi connectivity index (χ1v) is 8.04. The second kappa shape index (κ2) is 7.29. The van der Waals surface area contributed by atoms with E-state index in [-0.39, 0.29) is 17.9 Å². The molecule has 23 heavy (non-hydrogen) atoms. The van der Waals surface area contributed by atoms with Crippen LogP contribution in [0.2, 0.25) is 0 Å². The number of nitrogens with two attached hydrogens (primary N) is 1. The van der Waals surface area contributed by atoms with E-state index < -0.39 is 0 Å². The molecule has 0 aromatic heterocycles. The van der Waals surface area contributed by atoms with E-state index in [9.17, 15) is 4.79 Å². The fraction of sp³-hybridized carbons (Fsp3) is 0.316. The highest BCUT2D eigenvalue weighted by Gasteiger charge is 2.27. The van der Waals surface area contributed by atoms with Crippen LogP contribution in [-0.4, -0.2) is 19.1 Å². The van der Waals surface area contributed by atoms with E-state index in [0.717, 1.165) is 19.4 Å². The number of anilines is 1. The van der Waals surface area contributed by atoms with E-state index in [1.807, 2.05) is 18.2 Å². The summed E-state index contributed by atoms with van der Waals surface area (Å²) >= 11 is 0. The third-order valence-corrected chi connectivity index (χ3v) is 4.25. The summed E-state index contributed by atoms with van der Waals surface area (Å²) in [4.78, 5) is 12.3. The van der Waals surface area contributed by atoms with Crippen LogP contribution in [0.3, 0.4) is 0 Å². The zero-order chi connectivity index (χ0) is 16.1. The molecule has 3 rings (SSSR count). The number of ether oxygens (including phenoxy) is 1. The molecule has 4 heteroatoms. The maximum Gasteiger partial charge on any atom is 0.251 e. The molecule has 3 N–H and O–H groups in total. The van der Waals surface area contributed by atoms with Crippen molar-refractivity contribution in [2.45, 2.75) is 18.9 Å². The number of hydrogen-bond acceptors (Lipinski definition) is 3. The molecule has 120 valence electrons. The monoisotopic (exact) mass is 310 g/mol. The maximum absolute atomic E-state index is 12.3. The summed E-state index contributed by atoms with van der Waals surface area (Å²) in [6.45, 7) is 1.38. The van der Waals surface area contributed by atoms with E-state index in [4.69, 9.17) is 10.5 Å². The summed E-state index contributed by atoms with van der Waals surface area (Å²) in [6, 6.07) is 17.3. The predicted molar refractivity (Wildman–Crippen MR) is 91.0 cm³/mol. The lowest BCUT2D eigenvalue weighted by molar-refractivity contribution is -0.0272. The average Bonchev–Trinajstić information content (AvgIpc) is 2.60. The molecular formula is C19H22N2O2. The van der Waals surface area contributed by atoms with E-state index >= 15 is 0 Å². The van der Waals surface area contributed by atoms with Crippen LogP contribution in [0.1, 0.15) is 34.9 Å². The zero-order valence-electron chi connectivity index (χ0n) is 13.1. The van der Waals surface area contributed by atoms with Crippen LogP contribution in [0.4, 0.5) is 5.69 Å². The first kappa shape index (κ1) is 15.6. The van der Waals surface area contributed by atoms with Gasteiger partial charge in [0.1, 0.15) is 0 Å². The lowest BCUT2D eigenvalue weighted by Gasteiger charge is -2.32. The van der Waals surface area contributed by atoms with Crippen LogP contribution in [0, 0.1) is 5.92 Å². The Morgan fingerprint density at radius 1 is 1.17 bits per heavy atom. The van der Waals surface area contributed by atoms with E-state index in [1.165, 1.54) is 5.56 Å². The Labute approximate surface area is 136 Å². The highest BCUT2D eigenvalue weighted by molar-refractivity contribution is 5.94. The molecule has 2 unspecified atom stereocenters. The Bertz CT molecular complexity index is 657. The highest BCUT2D eigenvalue weighted by Crippen LogP contribution is 2.33. The van der Waals surface area contributed by atoms with Gasteiger partial charge >= 0.3 is 0 Å². The molecule has 0 spiro atoms. The molecule has 0 aliphatic carbocycles. The SMILES string of the molecule is Nc1cccc(C(=O)NCC2CCCOC2c2ccccc2)c1. The molecule has 4 nitrogen and oxygen atoms in total. The summed E-state index contributed by atoms with van der Waals surface area (Å²) in [5, 5.41) is 3.02. The van der Waals surface area contributed by atoms with E-state index in [0.29, 0.717) is 17.8 Å². The predicted octanol–water partition coefficient (Wildman–Crippen LogP) is 3.17. The van der Waals surface area contributed by atoms with Crippen LogP contribution in [-0.2, 0) is 4.74 Å². The molecule has 1 aliphatic heterocycles. The molecule has 0 radical (unpaired) electrons. The van der Waals surface area contributed by atoms with Crippen LogP contribution in [0.25, 0.3) is 0 Å². The van der Waals surface area contributed by atoms with Crippen molar-refractivity contribution in [3.05, 3.63) is 65.7 Å². The number of nitrogens with one attached hydrogen (secondary N) is 1. The van der Waals surface area contributed by atoms with Crippen molar-refractivity contribution in [1.82, 2.24) is 5.32 Å². The number of carbonyl (C=O) groups is 1. The molecule has 2 aromatic rings. The van der Waals surface area contributed by atoms with E-state index in [1.54, 1.807) is 24.3 Å². The van der Waals surface area contributed by atoms with Gasteiger partial charge in [-0.1, -0.05) is 36.4 Å². The summed E-state index contributed by atoms with van der Waals surface area (Å²) < 4.78 is 5.96. The Kier molecular flexibility index (Phi) is 4.93. The molecule has 1 fully saturated rings. The van der Waals surface area contributed by atoms with Gasteiger partial charge in [0.15, 0.2) is 0 Å². The number of benzene rings is 2. The van der Waals surface area contributed by atoms with Crippen LogP contribution >= 0.6 is 0 Å². The van der Waals surface area contributed by atoms with Gasteiger partial charge in [0.2, 0.25) is 0 Å². The van der Waals surface area contributed by atoms with Crippen molar-refractivity contribution in [1.29, 1.82) is 0 Å². The van der Waals surface area contributed by atoms with Gasteiger partial charge in [-0.3, -0.25) is 4.79 Å². The molecule has 1 aliphatic rings. The molecule has 2 atom stereocenters. The Balaban J connectivity index is 1.65. The molecule has 0 bridgehead atoms. The van der Waals surface area contributed by atoms with Crippen LogP contribution in [0.5, 0.6) is 0 Å². The van der Waals surface area contributed by atoms with Crippen molar-refractivity contribution in [3.63, 3.8) is 0 Å². The largest absolute Gasteiger partial charge is 0.399 e. The van der Waals surface area contributed by atoms with Crippen molar-refractivity contribution in [2.24, 2.45) is 5.92 Å². The third kappa shape index (κ3) is 3.90. The van der Waals surface area contributed by atoms with Gasteiger partial charge in [-0.05, 0) is 36.6 Å². The van der Waals surface area contributed by atoms with Gasteiger partial charge in [0.25, 0.3) is 5.91 Å². The lowest BCUT2D eigenvalue weighted by Crippen LogP contribution is -2.35. The fourth-order valence-corrected chi connectivity index (χ4v) is 3.07. The first-order valence-electron chi connectivity index (χ1n) is 8.04. The lowest BCUT2D eigenvalue weighted by atomic mass is 9.89. The van der Waals surface area contributed by atoms with Gasteiger partial charge in [-0.15, -0.1) is 0 Å². The minimum absolute atomic E-state index is 0.0473. The minimum Gasteiger partial charge on any atom is -0.399 e. The van der Waals surface area contributed by atoms with Gasteiger partial charge in [-0.2, -0.15) is 0 Å². The maximum atomic E-state index is 12.3. The van der Waals surface area contributed by atoms with Crippen molar-refractivity contribution in [3.8, 4) is 0 Å². The van der Waals surface area contributed by atoms with Crippen LogP contribution < -0.4 is 11.1 Å². The number of nitrogen functional groups attached to an aromatic ring is 1. The summed E-state index contributed by atoms with van der Waals surface area (Å²) in [6.07, 6.45) is 2.13. The number of amides is 1. The summed E-state index contributed by atoms with van der Waals surface area (Å²) in [5.41, 5.74) is 8.10. The Morgan fingerprint density at radius 2 is 2.00 bits per heavy atom. The topological polar surface area (TPSA) is 64.4 Å². The average molecular weight is 310 g/mol. The molecule has 1 amide bonds. The zero-order valence-corrected chi connectivity index (χ0v) is 13.1. The molecular weight excluding hydrogens is 288 g/mol. The Hall–Kier alpha value is -2.33. The quantitative estimate of drug-likeness (QED) is 0.853. The number of rotatable bonds is 4. The summed E-state index contributed by atoms with van der Waals surface area (Å²) in [5.74, 6) is 0.200. The number of hydrogen-bond donors (Lipinski definition) is 2. The van der Waals surface area contributed by atoms with Gasteiger partial charge < -0.3 is 15.8 Å². The minimum atomic E-state index is -0.0883. The molecule has 1 heterocycles. The second-order valence-corrected chi connectivity index (χ2v) is 5.94. The van der Waals surface area contributed by atoms with Gasteiger partial charge in [0, 0.05) is 30.3 Å². The normalized spacial score (nSPS) is 20.9. The number of carbonyl (C=O) groups excluding carboxylic acids is 1. The first-order chi connectivity index (χ1) is 11.2. The smallest absolute Gasteiger partial charge is 0.251 e. The molecule has 2 aromatic carbocycles. The second-order valence-electron chi connectivity index (χ2n) is 5.94. The standard InChI is InChI=1S/C19H22N2O2/c20-17-10-4-8-15(12-17)19(22)21-13-16-9-5-11-23-18(16)14-6-2-1-3-7-14/h1-4,6-8,10,12,16,18H,5,9,11,13,20H2,(H,21,22). The van der Waals surface area contributed by atoms with Gasteiger partial charge in [0.05, 0.1) is 6.10 Å². The van der Waals surface area contributed by atoms with Gasteiger partial charge in [-0.25, -0.2) is 0 Å². The van der Waals surface area contributed by atoms with Crippen molar-refractivity contribution in [2.75, 3.05) is 18.9 Å². The highest BCUT2D eigenvalue weighted by atomic mass is 16.5. The van der Waals surface area contributed by atoms with Crippen LogP contribution in [0.15, 0.2) is 54.6 Å².